The van der Waals surface area contributed by atoms with Gasteiger partial charge in [-0.2, -0.15) is 4.98 Å². The monoisotopic (exact) mass is 426 g/mol. The number of rotatable bonds is 4. The molecule has 1 aliphatic heterocycles. The van der Waals surface area contributed by atoms with Crippen LogP contribution in [0.1, 0.15) is 11.8 Å². The van der Waals surface area contributed by atoms with Crippen molar-refractivity contribution in [3.63, 3.8) is 0 Å². The molecule has 130 valence electrons. The number of nitrogens with one attached hydrogen (secondary N) is 1. The summed E-state index contributed by atoms with van der Waals surface area (Å²) in [5.41, 5.74) is 3.45. The Bertz CT molecular complexity index is 966. The molecule has 26 heavy (non-hydrogen) atoms. The minimum absolute atomic E-state index is 0.401. The molecule has 0 amide bonds. The van der Waals surface area contributed by atoms with E-state index in [1.165, 1.54) is 11.8 Å². The molecule has 5 nitrogen and oxygen atoms in total. The molecule has 4 rings (SSSR count). The van der Waals surface area contributed by atoms with Crippen molar-refractivity contribution in [3.8, 4) is 17.1 Å². The number of hydrogen-bond donors (Lipinski definition) is 1. The molecule has 1 aromatic heterocycles. The van der Waals surface area contributed by atoms with E-state index in [1.54, 1.807) is 6.08 Å². The second-order valence-electron chi connectivity index (χ2n) is 5.56. The van der Waals surface area contributed by atoms with Crippen molar-refractivity contribution in [1.29, 1.82) is 0 Å². The standard InChI is InChI=1S/C19H15BrN4OS/c1-2-11-26-19-22-18-16(23-24-19)13-8-4-6-10-15(13)21-17(25-18)12-7-3-5-9-14(12)20/h2-10,17,21H,1,11H2. The van der Waals surface area contributed by atoms with Crippen LogP contribution in [0.15, 0.2) is 70.8 Å². The van der Waals surface area contributed by atoms with E-state index >= 15 is 0 Å². The lowest BCUT2D eigenvalue weighted by Gasteiger charge is -2.20. The smallest absolute Gasteiger partial charge is 0.247 e. The number of para-hydroxylation sites is 1. The quantitative estimate of drug-likeness (QED) is 0.463. The number of thioether (sulfide) groups is 1. The first kappa shape index (κ1) is 17.1. The lowest BCUT2D eigenvalue weighted by Crippen LogP contribution is -2.17. The predicted octanol–water partition coefficient (Wildman–Crippen LogP) is 5.08. The fraction of sp³-hybridized carbons (Fsp3) is 0.105. The van der Waals surface area contributed by atoms with E-state index in [9.17, 15) is 0 Å². The third-order valence-corrected chi connectivity index (χ3v) is 5.41. The summed E-state index contributed by atoms with van der Waals surface area (Å²) >= 11 is 5.07. The molecule has 0 saturated heterocycles. The van der Waals surface area contributed by atoms with Crippen LogP contribution in [0.2, 0.25) is 0 Å². The Morgan fingerprint density at radius 1 is 1.15 bits per heavy atom. The van der Waals surface area contributed by atoms with Gasteiger partial charge in [-0.15, -0.1) is 16.8 Å². The van der Waals surface area contributed by atoms with Crippen LogP contribution < -0.4 is 10.1 Å². The maximum Gasteiger partial charge on any atom is 0.247 e. The van der Waals surface area contributed by atoms with Gasteiger partial charge in [-0.05, 0) is 12.1 Å². The van der Waals surface area contributed by atoms with Gasteiger partial charge in [0.05, 0.1) is 0 Å². The fourth-order valence-corrected chi connectivity index (χ4v) is 3.68. The first-order valence-electron chi connectivity index (χ1n) is 8.01. The van der Waals surface area contributed by atoms with Crippen LogP contribution >= 0.6 is 27.7 Å². The SMILES string of the molecule is C=CCSc1nnc2c(n1)OC(c1ccccc1Br)Nc1ccccc1-2. The van der Waals surface area contributed by atoms with Crippen LogP contribution in [-0.2, 0) is 0 Å². The Morgan fingerprint density at radius 3 is 2.81 bits per heavy atom. The van der Waals surface area contributed by atoms with E-state index in [4.69, 9.17) is 4.74 Å². The summed E-state index contributed by atoms with van der Waals surface area (Å²) < 4.78 is 7.19. The molecular formula is C19H15BrN4OS. The number of anilines is 1. The van der Waals surface area contributed by atoms with E-state index in [-0.39, 0.29) is 0 Å². The van der Waals surface area contributed by atoms with Gasteiger partial charge in [-0.1, -0.05) is 70.2 Å². The maximum atomic E-state index is 6.23. The van der Waals surface area contributed by atoms with Gasteiger partial charge in [0.1, 0.15) is 0 Å². The molecule has 0 aliphatic carbocycles. The first-order chi connectivity index (χ1) is 12.8. The highest BCUT2D eigenvalue weighted by atomic mass is 79.9. The highest BCUT2D eigenvalue weighted by Crippen LogP contribution is 2.40. The predicted molar refractivity (Wildman–Crippen MR) is 107 cm³/mol. The second kappa shape index (κ2) is 7.47. The lowest BCUT2D eigenvalue weighted by atomic mass is 10.1. The van der Waals surface area contributed by atoms with Gasteiger partial charge in [0.25, 0.3) is 0 Å². The maximum absolute atomic E-state index is 6.23. The van der Waals surface area contributed by atoms with E-state index in [0.717, 1.165) is 21.3 Å². The molecule has 0 spiro atoms. The van der Waals surface area contributed by atoms with Crippen LogP contribution in [0.4, 0.5) is 5.69 Å². The molecule has 0 radical (unpaired) electrons. The molecule has 7 heteroatoms. The summed E-state index contributed by atoms with van der Waals surface area (Å²) in [5.74, 6) is 1.17. The number of hydrogen-bond acceptors (Lipinski definition) is 6. The summed E-state index contributed by atoms with van der Waals surface area (Å²) in [4.78, 5) is 4.58. The Balaban J connectivity index is 1.82. The molecule has 1 unspecified atom stereocenters. The topological polar surface area (TPSA) is 59.9 Å². The van der Waals surface area contributed by atoms with Crippen molar-refractivity contribution in [3.05, 3.63) is 71.2 Å². The summed E-state index contributed by atoms with van der Waals surface area (Å²) in [5, 5.41) is 12.6. The highest BCUT2D eigenvalue weighted by Gasteiger charge is 2.26. The summed E-state index contributed by atoms with van der Waals surface area (Å²) in [6, 6.07) is 15.9. The zero-order valence-electron chi connectivity index (χ0n) is 13.7. The molecule has 1 N–H and O–H groups in total. The van der Waals surface area contributed by atoms with Gasteiger partial charge in [-0.25, -0.2) is 0 Å². The molecular weight excluding hydrogens is 412 g/mol. The van der Waals surface area contributed by atoms with Crippen molar-refractivity contribution in [2.24, 2.45) is 0 Å². The average molecular weight is 427 g/mol. The summed E-state index contributed by atoms with van der Waals surface area (Å²) in [6.45, 7) is 3.73. The van der Waals surface area contributed by atoms with E-state index < -0.39 is 6.23 Å². The normalized spacial score (nSPS) is 15.0. The van der Waals surface area contributed by atoms with Crippen molar-refractivity contribution >= 4 is 33.4 Å². The summed E-state index contributed by atoms with van der Waals surface area (Å²) in [7, 11) is 0. The number of aromatic nitrogens is 3. The van der Waals surface area contributed by atoms with E-state index in [2.05, 4.69) is 43.0 Å². The molecule has 0 bridgehead atoms. The average Bonchev–Trinajstić information content (AvgIpc) is 2.83. The molecule has 0 saturated carbocycles. The van der Waals surface area contributed by atoms with Gasteiger partial charge in [0.2, 0.25) is 11.0 Å². The number of fused-ring (bicyclic) bond motifs is 3. The Kier molecular flexibility index (Phi) is 4.90. The zero-order valence-corrected chi connectivity index (χ0v) is 16.1. The van der Waals surface area contributed by atoms with Gasteiger partial charge < -0.3 is 10.1 Å². The second-order valence-corrected chi connectivity index (χ2v) is 7.40. The van der Waals surface area contributed by atoms with Crippen molar-refractivity contribution < 1.29 is 4.74 Å². The highest BCUT2D eigenvalue weighted by molar-refractivity contribution is 9.10. The van der Waals surface area contributed by atoms with Crippen LogP contribution in [0.25, 0.3) is 11.3 Å². The van der Waals surface area contributed by atoms with Crippen molar-refractivity contribution in [2.45, 2.75) is 11.4 Å². The third kappa shape index (κ3) is 3.32. The van der Waals surface area contributed by atoms with Gasteiger partial charge >= 0.3 is 0 Å². The molecule has 0 fully saturated rings. The fourth-order valence-electron chi connectivity index (χ4n) is 2.67. The third-order valence-electron chi connectivity index (χ3n) is 3.85. The van der Waals surface area contributed by atoms with Gasteiger partial charge in [-0.3, -0.25) is 0 Å². The van der Waals surface area contributed by atoms with Crippen LogP contribution in [-0.4, -0.2) is 20.9 Å². The Morgan fingerprint density at radius 2 is 1.96 bits per heavy atom. The number of benzene rings is 2. The van der Waals surface area contributed by atoms with Crippen LogP contribution in [0.3, 0.4) is 0 Å². The molecule has 2 aromatic carbocycles. The largest absolute Gasteiger partial charge is 0.448 e. The van der Waals surface area contributed by atoms with Crippen molar-refractivity contribution in [2.75, 3.05) is 11.1 Å². The molecule has 2 heterocycles. The van der Waals surface area contributed by atoms with Crippen LogP contribution in [0, 0.1) is 0 Å². The molecule has 1 aliphatic rings. The lowest BCUT2D eigenvalue weighted by molar-refractivity contribution is 0.224. The number of nitrogens with zero attached hydrogens (tertiary/aromatic N) is 3. The van der Waals surface area contributed by atoms with E-state index in [1.807, 2.05) is 48.5 Å². The minimum Gasteiger partial charge on any atom is -0.448 e. The Labute approximate surface area is 164 Å². The number of halogens is 1. The first-order valence-corrected chi connectivity index (χ1v) is 9.79. The zero-order chi connectivity index (χ0) is 17.9. The van der Waals surface area contributed by atoms with Gasteiger partial charge in [0.15, 0.2) is 11.9 Å². The Hall–Kier alpha value is -2.38. The molecule has 3 aromatic rings. The van der Waals surface area contributed by atoms with Gasteiger partial charge in [0, 0.05) is 27.0 Å². The van der Waals surface area contributed by atoms with E-state index in [0.29, 0.717) is 22.5 Å². The number of ether oxygens (including phenoxy) is 1. The molecule has 1 atom stereocenters. The summed E-state index contributed by atoms with van der Waals surface area (Å²) in [6.07, 6.45) is 1.41. The van der Waals surface area contributed by atoms with Crippen molar-refractivity contribution in [1.82, 2.24) is 15.2 Å². The minimum atomic E-state index is -0.401. The van der Waals surface area contributed by atoms with Crippen LogP contribution in [0.5, 0.6) is 5.88 Å².